The highest BCUT2D eigenvalue weighted by Crippen LogP contribution is 2.30. The second-order valence-corrected chi connectivity index (χ2v) is 8.73. The zero-order valence-electron chi connectivity index (χ0n) is 19.5. The minimum atomic E-state index is -0.241. The minimum Gasteiger partial charge on any atom is -0.492 e. The van der Waals surface area contributed by atoms with Gasteiger partial charge in [0.1, 0.15) is 18.2 Å². The molecule has 1 fully saturated rings. The number of halogens is 1. The molecule has 172 valence electrons. The van der Waals surface area contributed by atoms with Crippen molar-refractivity contribution in [3.8, 4) is 11.8 Å². The van der Waals surface area contributed by atoms with Gasteiger partial charge in [0.25, 0.3) is 0 Å². The lowest BCUT2D eigenvalue weighted by Gasteiger charge is -2.40. The number of nitrogens with zero attached hydrogens (tertiary/aromatic N) is 3. The molecule has 1 heterocycles. The number of hydrogen-bond acceptors (Lipinski definition) is 4. The molecule has 0 radical (unpaired) electrons. The molecule has 2 aromatic carbocycles. The Morgan fingerprint density at radius 3 is 2.44 bits per heavy atom. The number of hydrogen-bond donors (Lipinski definition) is 0. The molecule has 32 heavy (non-hydrogen) atoms. The normalized spacial score (nSPS) is 15.9. The monoisotopic (exact) mass is 437 g/mol. The Morgan fingerprint density at radius 2 is 1.78 bits per heavy atom. The maximum atomic E-state index is 13.0. The molecular formula is C27H36FN3O. The third-order valence-electron chi connectivity index (χ3n) is 6.43. The molecule has 1 unspecified atom stereocenters. The fourth-order valence-electron chi connectivity index (χ4n) is 4.54. The van der Waals surface area contributed by atoms with Gasteiger partial charge in [-0.05, 0) is 60.9 Å². The number of nitriles is 1. The van der Waals surface area contributed by atoms with Crippen molar-refractivity contribution >= 4 is 0 Å². The first-order chi connectivity index (χ1) is 15.6. The molecule has 1 aliphatic heterocycles. The van der Waals surface area contributed by atoms with E-state index < -0.39 is 0 Å². The topological polar surface area (TPSA) is 39.5 Å². The fraction of sp³-hybridized carbons (Fsp3) is 0.519. The van der Waals surface area contributed by atoms with Crippen LogP contribution in [0.3, 0.4) is 0 Å². The largest absolute Gasteiger partial charge is 0.492 e. The Labute approximate surface area is 192 Å². The molecule has 2 aromatic rings. The number of aryl methyl sites for hydroxylation is 1. The van der Waals surface area contributed by atoms with Crippen molar-refractivity contribution in [2.75, 3.05) is 39.3 Å². The van der Waals surface area contributed by atoms with Crippen LogP contribution in [0.5, 0.6) is 5.75 Å². The molecule has 0 aliphatic carbocycles. The lowest BCUT2D eigenvalue weighted by atomic mass is 9.93. The van der Waals surface area contributed by atoms with Gasteiger partial charge in [-0.2, -0.15) is 5.26 Å². The van der Waals surface area contributed by atoms with Gasteiger partial charge >= 0.3 is 0 Å². The van der Waals surface area contributed by atoms with Crippen molar-refractivity contribution in [2.45, 2.75) is 52.0 Å². The number of benzene rings is 2. The molecule has 0 saturated carbocycles. The zero-order chi connectivity index (χ0) is 22.8. The molecule has 5 heteroatoms. The van der Waals surface area contributed by atoms with Crippen LogP contribution in [0.4, 0.5) is 4.39 Å². The van der Waals surface area contributed by atoms with E-state index in [1.54, 1.807) is 12.1 Å². The van der Waals surface area contributed by atoms with Crippen molar-refractivity contribution in [3.05, 3.63) is 65.0 Å². The maximum absolute atomic E-state index is 13.0. The summed E-state index contributed by atoms with van der Waals surface area (Å²) in [6.07, 6.45) is 6.23. The molecule has 0 spiro atoms. The Kier molecular flexibility index (Phi) is 9.52. The van der Waals surface area contributed by atoms with E-state index in [0.29, 0.717) is 18.4 Å². The highest BCUT2D eigenvalue weighted by atomic mass is 19.1. The van der Waals surface area contributed by atoms with Gasteiger partial charge < -0.3 is 4.74 Å². The lowest BCUT2D eigenvalue weighted by Crippen LogP contribution is -2.48. The van der Waals surface area contributed by atoms with E-state index in [0.717, 1.165) is 38.3 Å². The predicted octanol–water partition coefficient (Wildman–Crippen LogP) is 5.71. The zero-order valence-corrected chi connectivity index (χ0v) is 19.5. The molecule has 4 nitrogen and oxygen atoms in total. The van der Waals surface area contributed by atoms with E-state index in [-0.39, 0.29) is 5.82 Å². The number of piperazine rings is 1. The Morgan fingerprint density at radius 1 is 1.03 bits per heavy atom. The molecule has 0 N–H and O–H groups in total. The van der Waals surface area contributed by atoms with Gasteiger partial charge in [0.2, 0.25) is 0 Å². The number of unbranched alkanes of at least 4 members (excludes halogenated alkanes) is 3. The Balaban J connectivity index is 1.54. The summed E-state index contributed by atoms with van der Waals surface area (Å²) in [6, 6.07) is 15.0. The summed E-state index contributed by atoms with van der Waals surface area (Å²) in [5.74, 6) is 0.476. The third-order valence-corrected chi connectivity index (χ3v) is 6.43. The quantitative estimate of drug-likeness (QED) is 0.422. The number of ether oxygens (including phenoxy) is 1. The molecule has 1 aliphatic rings. The van der Waals surface area contributed by atoms with Gasteiger partial charge in [-0.1, -0.05) is 38.7 Å². The first-order valence-corrected chi connectivity index (χ1v) is 12.0. The van der Waals surface area contributed by atoms with Crippen LogP contribution in [0.1, 0.15) is 61.8 Å². The maximum Gasteiger partial charge on any atom is 0.123 e. The lowest BCUT2D eigenvalue weighted by molar-refractivity contribution is 0.0815. The SMILES string of the molecule is CCCCCCC(c1ccc(C#N)cc1C)N1CCN(CCOc2ccc(F)cc2)CC1. The highest BCUT2D eigenvalue weighted by Gasteiger charge is 2.26. The third kappa shape index (κ3) is 7.05. The van der Waals surface area contributed by atoms with E-state index in [1.165, 1.54) is 55.4 Å². The van der Waals surface area contributed by atoms with Crippen LogP contribution >= 0.6 is 0 Å². The van der Waals surface area contributed by atoms with Gasteiger partial charge in [-0.25, -0.2) is 4.39 Å². The summed E-state index contributed by atoms with van der Waals surface area (Å²) in [5, 5.41) is 9.23. The smallest absolute Gasteiger partial charge is 0.123 e. The number of rotatable bonds is 11. The van der Waals surface area contributed by atoms with E-state index >= 15 is 0 Å². The highest BCUT2D eigenvalue weighted by molar-refractivity contribution is 5.39. The van der Waals surface area contributed by atoms with Crippen LogP contribution < -0.4 is 4.74 Å². The summed E-state index contributed by atoms with van der Waals surface area (Å²) in [5.41, 5.74) is 3.33. The van der Waals surface area contributed by atoms with Gasteiger partial charge in [0, 0.05) is 38.8 Å². The van der Waals surface area contributed by atoms with Crippen LogP contribution in [-0.2, 0) is 0 Å². The summed E-state index contributed by atoms with van der Waals surface area (Å²) in [4.78, 5) is 5.07. The first kappa shape index (κ1) is 24.2. The van der Waals surface area contributed by atoms with Crippen molar-refractivity contribution in [1.29, 1.82) is 5.26 Å². The average Bonchev–Trinajstić information content (AvgIpc) is 2.81. The second kappa shape index (κ2) is 12.6. The molecule has 0 amide bonds. The predicted molar refractivity (Wildman–Crippen MR) is 127 cm³/mol. The van der Waals surface area contributed by atoms with Gasteiger partial charge in [-0.15, -0.1) is 0 Å². The van der Waals surface area contributed by atoms with Crippen molar-refractivity contribution in [1.82, 2.24) is 9.80 Å². The molecule has 1 saturated heterocycles. The molecular weight excluding hydrogens is 401 g/mol. The summed E-state index contributed by atoms with van der Waals surface area (Å²) >= 11 is 0. The fourth-order valence-corrected chi connectivity index (χ4v) is 4.54. The van der Waals surface area contributed by atoms with Crippen molar-refractivity contribution in [3.63, 3.8) is 0 Å². The summed E-state index contributed by atoms with van der Waals surface area (Å²) in [7, 11) is 0. The standard InChI is InChI=1S/C27H36FN3O/c1-3-4-5-6-7-27(26-13-8-23(21-29)20-22(26)2)31-16-14-30(15-17-31)18-19-32-25-11-9-24(28)10-12-25/h8-13,20,27H,3-7,14-19H2,1-2H3. The van der Waals surface area contributed by atoms with Gasteiger partial charge in [-0.3, -0.25) is 9.80 Å². The van der Waals surface area contributed by atoms with Crippen LogP contribution in [0, 0.1) is 24.1 Å². The second-order valence-electron chi connectivity index (χ2n) is 8.73. The first-order valence-electron chi connectivity index (χ1n) is 12.0. The molecule has 0 bridgehead atoms. The van der Waals surface area contributed by atoms with Crippen LogP contribution in [0.25, 0.3) is 0 Å². The van der Waals surface area contributed by atoms with Gasteiger partial charge in [0.15, 0.2) is 0 Å². The average molecular weight is 438 g/mol. The van der Waals surface area contributed by atoms with Crippen LogP contribution in [0.2, 0.25) is 0 Å². The summed E-state index contributed by atoms with van der Waals surface area (Å²) < 4.78 is 18.8. The molecule has 1 atom stereocenters. The van der Waals surface area contributed by atoms with Crippen LogP contribution in [0.15, 0.2) is 42.5 Å². The van der Waals surface area contributed by atoms with E-state index in [2.05, 4.69) is 35.8 Å². The molecule has 3 rings (SSSR count). The van der Waals surface area contributed by atoms with Gasteiger partial charge in [0.05, 0.1) is 11.6 Å². The van der Waals surface area contributed by atoms with E-state index in [1.807, 2.05) is 12.1 Å². The Hall–Kier alpha value is -2.42. The van der Waals surface area contributed by atoms with Crippen molar-refractivity contribution < 1.29 is 9.13 Å². The molecule has 0 aromatic heterocycles. The van der Waals surface area contributed by atoms with Crippen LogP contribution in [-0.4, -0.2) is 49.1 Å². The summed E-state index contributed by atoms with van der Waals surface area (Å²) in [6.45, 7) is 9.99. The Bertz CT molecular complexity index is 869. The van der Waals surface area contributed by atoms with Crippen molar-refractivity contribution in [2.24, 2.45) is 0 Å². The minimum absolute atomic E-state index is 0.241. The van der Waals surface area contributed by atoms with E-state index in [9.17, 15) is 9.65 Å². The van der Waals surface area contributed by atoms with E-state index in [4.69, 9.17) is 4.74 Å².